The van der Waals surface area contributed by atoms with Crippen LogP contribution in [-0.4, -0.2) is 93.7 Å². The Morgan fingerprint density at radius 2 is 1.89 bits per heavy atom. The molecule has 2 aliphatic rings. The average Bonchev–Trinajstić information content (AvgIpc) is 3.69. The van der Waals surface area contributed by atoms with Crippen LogP contribution in [-0.2, 0) is 17.5 Å². The number of carboxylic acids is 1. The van der Waals surface area contributed by atoms with Crippen molar-refractivity contribution in [3.05, 3.63) is 46.7 Å². The normalized spacial score (nSPS) is 17.6. The minimum atomic E-state index is -4.62. The van der Waals surface area contributed by atoms with E-state index < -0.39 is 23.6 Å². The van der Waals surface area contributed by atoms with Crippen molar-refractivity contribution < 1.29 is 32.6 Å². The number of aromatic nitrogens is 3. The van der Waals surface area contributed by atoms with E-state index in [1.165, 1.54) is 29.8 Å². The number of ether oxygens (including phenoxy) is 1. The molecule has 2 fully saturated rings. The standard InChI is InChI=1S/C32H40F3N7O4S/c1-3-16-46-25-8-7-21(17-23(25)32(33,34)35)29-26(20-42-10-5-6-22(42)4-2)47-31(38-29)39-30(45)24-18-37-27(19-36-24)41-14-12-40(13-15-41)11-9-28(43)44/h7-8,17-19,22H,3-6,9-16,20H2,1-2H3,(H,43,44)(H,38,39,45). The van der Waals surface area contributed by atoms with Crippen molar-refractivity contribution in [2.24, 2.45) is 0 Å². The number of alkyl halides is 3. The zero-order valence-corrected chi connectivity index (χ0v) is 27.4. The van der Waals surface area contributed by atoms with Crippen LogP contribution in [0.5, 0.6) is 5.75 Å². The summed E-state index contributed by atoms with van der Waals surface area (Å²) < 4.78 is 47.7. The van der Waals surface area contributed by atoms with Gasteiger partial charge in [-0.3, -0.25) is 24.7 Å². The molecule has 2 aromatic heterocycles. The molecule has 15 heteroatoms. The molecule has 2 saturated heterocycles. The molecule has 0 saturated carbocycles. The molecule has 1 unspecified atom stereocenters. The summed E-state index contributed by atoms with van der Waals surface area (Å²) in [5.74, 6) is -0.959. The van der Waals surface area contributed by atoms with Crippen LogP contribution in [0.2, 0.25) is 0 Å². The fraction of sp³-hybridized carbons (Fsp3) is 0.531. The van der Waals surface area contributed by atoms with Gasteiger partial charge in [-0.05, 0) is 50.4 Å². The Kier molecular flexibility index (Phi) is 11.3. The molecule has 1 aromatic carbocycles. The number of piperazine rings is 1. The maximum Gasteiger partial charge on any atom is 0.419 e. The molecule has 2 N–H and O–H groups in total. The van der Waals surface area contributed by atoms with E-state index in [2.05, 4.69) is 37.0 Å². The minimum absolute atomic E-state index is 0.0783. The Morgan fingerprint density at radius 1 is 1.11 bits per heavy atom. The number of carboxylic acid groups (broad SMARTS) is 1. The van der Waals surface area contributed by atoms with Gasteiger partial charge in [0, 0.05) is 55.8 Å². The molecule has 2 aliphatic heterocycles. The van der Waals surface area contributed by atoms with Crippen LogP contribution in [0.3, 0.4) is 0 Å². The van der Waals surface area contributed by atoms with Crippen molar-refractivity contribution in [3.63, 3.8) is 0 Å². The Balaban J connectivity index is 1.34. The predicted molar refractivity (Wildman–Crippen MR) is 173 cm³/mol. The number of aliphatic carboxylic acids is 1. The molecule has 4 heterocycles. The van der Waals surface area contributed by atoms with Crippen LogP contribution in [0.15, 0.2) is 30.6 Å². The molecular formula is C32H40F3N7O4S. The molecule has 3 aromatic rings. The number of likely N-dealkylation sites (tertiary alicyclic amines) is 1. The van der Waals surface area contributed by atoms with Gasteiger partial charge in [0.1, 0.15) is 17.3 Å². The van der Waals surface area contributed by atoms with Gasteiger partial charge in [-0.25, -0.2) is 15.0 Å². The van der Waals surface area contributed by atoms with Gasteiger partial charge in [-0.2, -0.15) is 13.2 Å². The summed E-state index contributed by atoms with van der Waals surface area (Å²) in [6, 6.07) is 4.38. The summed E-state index contributed by atoms with van der Waals surface area (Å²) in [6.45, 7) is 8.71. The highest BCUT2D eigenvalue weighted by Crippen LogP contribution is 2.41. The lowest BCUT2D eigenvalue weighted by Crippen LogP contribution is -2.47. The van der Waals surface area contributed by atoms with Gasteiger partial charge in [-0.1, -0.05) is 25.2 Å². The van der Waals surface area contributed by atoms with E-state index in [0.29, 0.717) is 68.8 Å². The first kappa shape index (κ1) is 34.5. The summed E-state index contributed by atoms with van der Waals surface area (Å²) in [6.07, 6.45) is 2.04. The Hall–Kier alpha value is -3.82. The molecule has 0 spiro atoms. The number of benzene rings is 1. The van der Waals surface area contributed by atoms with Crippen LogP contribution < -0.4 is 15.0 Å². The molecule has 11 nitrogen and oxygen atoms in total. The maximum atomic E-state index is 14.1. The molecule has 1 amide bonds. The number of nitrogens with one attached hydrogen (secondary N) is 1. The SMILES string of the molecule is CCCOc1ccc(-c2nc(NC(=O)c3cnc(N4CCN(CCC(=O)O)CC4)cn3)sc2CN2CCCC2CC)cc1C(F)(F)F. The van der Waals surface area contributed by atoms with E-state index in [1.54, 1.807) is 6.07 Å². The first-order valence-electron chi connectivity index (χ1n) is 16.0. The van der Waals surface area contributed by atoms with E-state index in [1.807, 2.05) is 11.8 Å². The van der Waals surface area contributed by atoms with Crippen LogP contribution in [0.4, 0.5) is 24.1 Å². The number of rotatable bonds is 13. The highest BCUT2D eigenvalue weighted by atomic mass is 32.1. The molecule has 5 rings (SSSR count). The zero-order valence-electron chi connectivity index (χ0n) is 26.6. The van der Waals surface area contributed by atoms with Crippen LogP contribution in [0, 0.1) is 0 Å². The third-order valence-corrected chi connectivity index (χ3v) is 9.42. The number of halogens is 3. The largest absolute Gasteiger partial charge is 0.493 e. The van der Waals surface area contributed by atoms with Gasteiger partial charge in [0.15, 0.2) is 5.13 Å². The lowest BCUT2D eigenvalue weighted by Gasteiger charge is -2.34. The number of thiazole rings is 1. The van der Waals surface area contributed by atoms with Crippen LogP contribution in [0.25, 0.3) is 11.3 Å². The topological polar surface area (TPSA) is 124 Å². The van der Waals surface area contributed by atoms with E-state index >= 15 is 0 Å². The summed E-state index contributed by atoms with van der Waals surface area (Å²) in [5, 5.41) is 12.0. The van der Waals surface area contributed by atoms with E-state index in [-0.39, 0.29) is 29.6 Å². The average molecular weight is 676 g/mol. The lowest BCUT2D eigenvalue weighted by molar-refractivity contribution is -0.139. The molecule has 254 valence electrons. The molecule has 0 radical (unpaired) electrons. The summed E-state index contributed by atoms with van der Waals surface area (Å²) >= 11 is 1.24. The van der Waals surface area contributed by atoms with Gasteiger partial charge in [-0.15, -0.1) is 0 Å². The summed E-state index contributed by atoms with van der Waals surface area (Å²) in [7, 11) is 0. The van der Waals surface area contributed by atoms with E-state index in [4.69, 9.17) is 9.84 Å². The van der Waals surface area contributed by atoms with E-state index in [9.17, 15) is 22.8 Å². The number of amides is 1. The molecule has 47 heavy (non-hydrogen) atoms. The van der Waals surface area contributed by atoms with Gasteiger partial charge < -0.3 is 14.7 Å². The third kappa shape index (κ3) is 8.76. The van der Waals surface area contributed by atoms with Crippen molar-refractivity contribution >= 4 is 34.2 Å². The second kappa shape index (κ2) is 15.4. The first-order chi connectivity index (χ1) is 22.5. The number of hydrogen-bond acceptors (Lipinski definition) is 10. The third-order valence-electron chi connectivity index (χ3n) is 8.46. The van der Waals surface area contributed by atoms with Crippen molar-refractivity contribution in [1.82, 2.24) is 24.8 Å². The zero-order chi connectivity index (χ0) is 33.6. The van der Waals surface area contributed by atoms with Crippen molar-refractivity contribution in [3.8, 4) is 17.0 Å². The number of hydrogen-bond donors (Lipinski definition) is 2. The van der Waals surface area contributed by atoms with Gasteiger partial charge in [0.05, 0.1) is 36.7 Å². The summed E-state index contributed by atoms with van der Waals surface area (Å²) in [5.41, 5.74) is -0.0944. The second-order valence-electron chi connectivity index (χ2n) is 11.7. The molecule has 0 aliphatic carbocycles. The van der Waals surface area contributed by atoms with Gasteiger partial charge in [0.25, 0.3) is 5.91 Å². The molecular weight excluding hydrogens is 635 g/mol. The summed E-state index contributed by atoms with van der Waals surface area (Å²) in [4.78, 5) is 44.6. The minimum Gasteiger partial charge on any atom is -0.493 e. The highest BCUT2D eigenvalue weighted by molar-refractivity contribution is 7.16. The lowest BCUT2D eigenvalue weighted by atomic mass is 10.1. The number of anilines is 2. The van der Waals surface area contributed by atoms with Gasteiger partial charge in [0.2, 0.25) is 0 Å². The van der Waals surface area contributed by atoms with Crippen LogP contribution in [0.1, 0.15) is 66.9 Å². The fourth-order valence-corrected chi connectivity index (χ4v) is 6.95. The Morgan fingerprint density at radius 3 is 2.55 bits per heavy atom. The molecule has 0 bridgehead atoms. The maximum absolute atomic E-state index is 14.1. The number of carbonyl (C=O) groups is 2. The Labute approximate surface area is 275 Å². The number of nitrogens with zero attached hydrogens (tertiary/aromatic N) is 6. The van der Waals surface area contributed by atoms with Crippen molar-refractivity contribution in [2.75, 3.05) is 56.1 Å². The van der Waals surface area contributed by atoms with Crippen molar-refractivity contribution in [2.45, 2.75) is 64.7 Å². The fourth-order valence-electron chi connectivity index (χ4n) is 5.94. The van der Waals surface area contributed by atoms with Crippen molar-refractivity contribution in [1.29, 1.82) is 0 Å². The van der Waals surface area contributed by atoms with Gasteiger partial charge >= 0.3 is 12.1 Å². The Bertz CT molecular complexity index is 1530. The highest BCUT2D eigenvalue weighted by Gasteiger charge is 2.35. The monoisotopic (exact) mass is 675 g/mol. The second-order valence-corrected chi connectivity index (χ2v) is 12.8. The number of carbonyl (C=O) groups excluding carboxylic acids is 1. The molecule has 1 atom stereocenters. The first-order valence-corrected chi connectivity index (χ1v) is 16.8. The smallest absolute Gasteiger partial charge is 0.419 e. The van der Waals surface area contributed by atoms with Crippen LogP contribution >= 0.6 is 11.3 Å². The predicted octanol–water partition coefficient (Wildman–Crippen LogP) is 5.63. The van der Waals surface area contributed by atoms with E-state index in [0.717, 1.165) is 36.8 Å². The quantitative estimate of drug-likeness (QED) is 0.236.